The number of thioether (sulfide) groups is 1. The van der Waals surface area contributed by atoms with Crippen LogP contribution in [0.15, 0.2) is 23.2 Å². The summed E-state index contributed by atoms with van der Waals surface area (Å²) < 4.78 is 5.30. The van der Waals surface area contributed by atoms with Crippen LogP contribution in [0.25, 0.3) is 10.9 Å². The quantitative estimate of drug-likeness (QED) is 0.804. The highest BCUT2D eigenvalue weighted by Crippen LogP contribution is 2.30. The van der Waals surface area contributed by atoms with E-state index in [9.17, 15) is 4.79 Å². The SMILES string of the molecule is Cc1cc2cc3c(cc2nc1SCC(=O)N1CCOCC1)CCC3. The largest absolute Gasteiger partial charge is 0.378 e. The number of rotatable bonds is 3. The number of benzene rings is 1. The van der Waals surface area contributed by atoms with E-state index >= 15 is 0 Å². The maximum Gasteiger partial charge on any atom is 0.233 e. The highest BCUT2D eigenvalue weighted by atomic mass is 32.2. The van der Waals surface area contributed by atoms with Gasteiger partial charge in [-0.2, -0.15) is 0 Å². The lowest BCUT2D eigenvalue weighted by Gasteiger charge is -2.26. The van der Waals surface area contributed by atoms with Crippen molar-refractivity contribution in [1.82, 2.24) is 9.88 Å². The van der Waals surface area contributed by atoms with Crippen LogP contribution in [0.5, 0.6) is 0 Å². The molecule has 0 atom stereocenters. The predicted molar refractivity (Wildman–Crippen MR) is 96.6 cm³/mol. The average Bonchev–Trinajstić information content (AvgIpc) is 3.05. The van der Waals surface area contributed by atoms with Gasteiger partial charge in [0.2, 0.25) is 5.91 Å². The first-order chi connectivity index (χ1) is 11.7. The van der Waals surface area contributed by atoms with Crippen LogP contribution in [0.4, 0.5) is 0 Å². The summed E-state index contributed by atoms with van der Waals surface area (Å²) in [5.74, 6) is 0.628. The molecule has 4 nitrogen and oxygen atoms in total. The minimum atomic E-state index is 0.179. The van der Waals surface area contributed by atoms with Crippen molar-refractivity contribution in [3.8, 4) is 0 Å². The Morgan fingerprint density at radius 2 is 1.96 bits per heavy atom. The van der Waals surface area contributed by atoms with E-state index in [1.165, 1.54) is 35.8 Å². The van der Waals surface area contributed by atoms with Crippen LogP contribution in [0.1, 0.15) is 23.1 Å². The standard InChI is InChI=1S/C19H22N2O2S/c1-13-9-16-10-14-3-2-4-15(14)11-17(16)20-19(13)24-12-18(22)21-5-7-23-8-6-21/h9-11H,2-8,12H2,1H3. The Hall–Kier alpha value is -1.59. The van der Waals surface area contributed by atoms with Crippen molar-refractivity contribution in [2.75, 3.05) is 32.1 Å². The molecule has 2 aromatic rings. The first kappa shape index (κ1) is 15.9. The average molecular weight is 342 g/mol. The van der Waals surface area contributed by atoms with Crippen LogP contribution >= 0.6 is 11.8 Å². The minimum absolute atomic E-state index is 0.179. The van der Waals surface area contributed by atoms with Gasteiger partial charge >= 0.3 is 0 Å². The normalized spacial score (nSPS) is 17.3. The van der Waals surface area contributed by atoms with Crippen LogP contribution in [0, 0.1) is 6.92 Å². The van der Waals surface area contributed by atoms with Gasteiger partial charge < -0.3 is 9.64 Å². The molecule has 0 saturated carbocycles. The van der Waals surface area contributed by atoms with Crippen molar-refractivity contribution in [2.24, 2.45) is 0 Å². The zero-order chi connectivity index (χ0) is 16.5. The number of carbonyl (C=O) groups is 1. The number of hydrogen-bond acceptors (Lipinski definition) is 4. The van der Waals surface area contributed by atoms with E-state index in [2.05, 4.69) is 25.1 Å². The summed E-state index contributed by atoms with van der Waals surface area (Å²) >= 11 is 1.55. The molecule has 1 aliphatic heterocycles. The molecule has 1 aromatic carbocycles. The van der Waals surface area contributed by atoms with Crippen molar-refractivity contribution < 1.29 is 9.53 Å². The summed E-state index contributed by atoms with van der Waals surface area (Å²) in [5, 5.41) is 2.19. The Labute approximate surface area is 146 Å². The van der Waals surface area contributed by atoms with E-state index in [1.54, 1.807) is 11.8 Å². The fourth-order valence-corrected chi connectivity index (χ4v) is 4.41. The molecule has 0 unspecified atom stereocenters. The van der Waals surface area contributed by atoms with Crippen LogP contribution in [0.3, 0.4) is 0 Å². The first-order valence-corrected chi connectivity index (χ1v) is 9.61. The lowest BCUT2D eigenvalue weighted by Crippen LogP contribution is -2.41. The second-order valence-corrected chi connectivity index (χ2v) is 7.52. The highest BCUT2D eigenvalue weighted by molar-refractivity contribution is 7.99. The molecular weight excluding hydrogens is 320 g/mol. The van der Waals surface area contributed by atoms with Gasteiger partial charge in [-0.15, -0.1) is 0 Å². The van der Waals surface area contributed by atoms with Gasteiger partial charge in [-0.1, -0.05) is 11.8 Å². The molecule has 126 valence electrons. The van der Waals surface area contributed by atoms with Crippen LogP contribution in [-0.4, -0.2) is 47.8 Å². The van der Waals surface area contributed by atoms with Crippen molar-refractivity contribution >= 4 is 28.6 Å². The summed E-state index contributed by atoms with van der Waals surface area (Å²) in [6.45, 7) is 4.79. The van der Waals surface area contributed by atoms with Gasteiger partial charge in [0.15, 0.2) is 0 Å². The van der Waals surface area contributed by atoms with E-state index in [0.717, 1.165) is 16.1 Å². The number of aryl methyl sites for hydroxylation is 3. The number of carbonyl (C=O) groups excluding carboxylic acids is 1. The third-order valence-corrected chi connectivity index (χ3v) is 5.95. The number of morpholine rings is 1. The number of amides is 1. The number of ether oxygens (including phenoxy) is 1. The second kappa shape index (κ2) is 6.73. The highest BCUT2D eigenvalue weighted by Gasteiger charge is 2.18. The Balaban J connectivity index is 1.52. The monoisotopic (exact) mass is 342 g/mol. The van der Waals surface area contributed by atoms with Crippen LogP contribution in [-0.2, 0) is 22.4 Å². The van der Waals surface area contributed by atoms with Gasteiger partial charge in [-0.05, 0) is 61.1 Å². The molecule has 1 aromatic heterocycles. The summed E-state index contributed by atoms with van der Waals surface area (Å²) in [4.78, 5) is 19.0. The summed E-state index contributed by atoms with van der Waals surface area (Å²) in [6.07, 6.45) is 3.61. The molecule has 2 heterocycles. The first-order valence-electron chi connectivity index (χ1n) is 8.62. The molecule has 0 bridgehead atoms. The van der Waals surface area contributed by atoms with Gasteiger partial charge in [-0.3, -0.25) is 4.79 Å². The lowest BCUT2D eigenvalue weighted by atomic mass is 10.1. The third kappa shape index (κ3) is 3.15. The van der Waals surface area contributed by atoms with Crippen molar-refractivity contribution in [2.45, 2.75) is 31.2 Å². The number of pyridine rings is 1. The van der Waals surface area contributed by atoms with E-state index in [4.69, 9.17) is 9.72 Å². The molecule has 24 heavy (non-hydrogen) atoms. The minimum Gasteiger partial charge on any atom is -0.378 e. The predicted octanol–water partition coefficient (Wildman–Crippen LogP) is 2.98. The maximum absolute atomic E-state index is 12.3. The fourth-order valence-electron chi connectivity index (χ4n) is 3.52. The number of aromatic nitrogens is 1. The van der Waals surface area contributed by atoms with E-state index in [0.29, 0.717) is 32.1 Å². The van der Waals surface area contributed by atoms with Gasteiger partial charge in [0.05, 0.1) is 24.5 Å². The van der Waals surface area contributed by atoms with E-state index in [1.807, 2.05) is 4.90 Å². The summed E-state index contributed by atoms with van der Waals surface area (Å²) in [5.41, 5.74) is 5.13. The fraction of sp³-hybridized carbons (Fsp3) is 0.474. The Bertz CT molecular complexity index is 785. The van der Waals surface area contributed by atoms with Crippen molar-refractivity contribution in [1.29, 1.82) is 0 Å². The Morgan fingerprint density at radius 3 is 2.75 bits per heavy atom. The zero-order valence-electron chi connectivity index (χ0n) is 14.0. The maximum atomic E-state index is 12.3. The molecule has 5 heteroatoms. The zero-order valence-corrected chi connectivity index (χ0v) is 14.8. The number of hydrogen-bond donors (Lipinski definition) is 0. The molecular formula is C19H22N2O2S. The van der Waals surface area contributed by atoms with Crippen LogP contribution < -0.4 is 0 Å². The van der Waals surface area contributed by atoms with E-state index in [-0.39, 0.29) is 5.91 Å². The molecule has 0 radical (unpaired) electrons. The van der Waals surface area contributed by atoms with Gasteiger partial charge in [-0.25, -0.2) is 4.98 Å². The summed E-state index contributed by atoms with van der Waals surface area (Å²) in [6, 6.07) is 6.75. The Kier molecular flexibility index (Phi) is 4.46. The van der Waals surface area contributed by atoms with Crippen LogP contribution in [0.2, 0.25) is 0 Å². The molecule has 2 aliphatic rings. The van der Waals surface area contributed by atoms with E-state index < -0.39 is 0 Å². The van der Waals surface area contributed by atoms with Gasteiger partial charge in [0, 0.05) is 18.5 Å². The topological polar surface area (TPSA) is 42.4 Å². The Morgan fingerprint density at radius 1 is 1.21 bits per heavy atom. The molecule has 4 rings (SSSR count). The smallest absolute Gasteiger partial charge is 0.233 e. The molecule has 0 spiro atoms. The summed E-state index contributed by atoms with van der Waals surface area (Å²) in [7, 11) is 0. The molecule has 1 saturated heterocycles. The number of nitrogens with zero attached hydrogens (tertiary/aromatic N) is 2. The molecule has 1 fully saturated rings. The second-order valence-electron chi connectivity index (χ2n) is 6.56. The van der Waals surface area contributed by atoms with Crippen molar-refractivity contribution in [3.63, 3.8) is 0 Å². The lowest BCUT2D eigenvalue weighted by molar-refractivity contribution is -0.132. The van der Waals surface area contributed by atoms with Gasteiger partial charge in [0.25, 0.3) is 0 Å². The molecule has 1 amide bonds. The third-order valence-electron chi connectivity index (χ3n) is 4.87. The van der Waals surface area contributed by atoms with Crippen molar-refractivity contribution in [3.05, 3.63) is 34.9 Å². The number of fused-ring (bicyclic) bond motifs is 2. The molecule has 0 N–H and O–H groups in total. The van der Waals surface area contributed by atoms with Gasteiger partial charge in [0.1, 0.15) is 5.03 Å². The molecule has 1 aliphatic carbocycles.